The van der Waals surface area contributed by atoms with E-state index in [1.54, 1.807) is 12.4 Å². The molecule has 0 atom stereocenters. The lowest BCUT2D eigenvalue weighted by Gasteiger charge is -1.91. The lowest BCUT2D eigenvalue weighted by molar-refractivity contribution is 0.990. The summed E-state index contributed by atoms with van der Waals surface area (Å²) in [6.07, 6.45) is 4.38. The summed E-state index contributed by atoms with van der Waals surface area (Å²) < 4.78 is 0.703. The van der Waals surface area contributed by atoms with Crippen molar-refractivity contribution in [2.24, 2.45) is 0 Å². The minimum atomic E-state index is 0.703. The molecule has 0 radical (unpaired) electrons. The second kappa shape index (κ2) is 2.73. The average Bonchev–Trinajstić information content (AvgIpc) is 1.88. The van der Waals surface area contributed by atoms with Gasteiger partial charge in [0.2, 0.25) is 0 Å². The molecule has 1 aromatic heterocycles. The maximum Gasteiger partial charge on any atom is 0.121 e. The van der Waals surface area contributed by atoms with Crippen molar-refractivity contribution in [1.29, 1.82) is 0 Å². The van der Waals surface area contributed by atoms with E-state index < -0.39 is 0 Å². The molecule has 2 nitrogen and oxygen atoms in total. The number of H-pyrrole nitrogens is 1. The third-order valence-electron chi connectivity index (χ3n) is 1.09. The molecule has 9 heavy (non-hydrogen) atoms. The van der Waals surface area contributed by atoms with E-state index in [4.69, 9.17) is 12.2 Å². The summed E-state index contributed by atoms with van der Waals surface area (Å²) in [6.45, 7) is 2.06. The minimum Gasteiger partial charge on any atom is -0.347 e. The molecular formula is C6H8N2S. The topological polar surface area (TPSA) is 28.7 Å². The van der Waals surface area contributed by atoms with Gasteiger partial charge in [-0.25, -0.2) is 0 Å². The summed E-state index contributed by atoms with van der Waals surface area (Å²) in [7, 11) is 0. The van der Waals surface area contributed by atoms with E-state index in [1.165, 1.54) is 0 Å². The molecule has 1 aromatic rings. The summed E-state index contributed by atoms with van der Waals surface area (Å²) in [5, 5.41) is 0. The SMILES string of the molecule is CCc1cncc(=S)[nH]1. The van der Waals surface area contributed by atoms with Crippen LogP contribution in [0.25, 0.3) is 0 Å². The number of hydrogen-bond donors (Lipinski definition) is 1. The molecule has 0 aliphatic carbocycles. The molecule has 1 heterocycles. The van der Waals surface area contributed by atoms with Crippen LogP contribution in [0.4, 0.5) is 0 Å². The first kappa shape index (κ1) is 6.42. The Hall–Kier alpha value is -0.700. The van der Waals surface area contributed by atoms with E-state index in [0.29, 0.717) is 4.64 Å². The van der Waals surface area contributed by atoms with Crippen LogP contribution in [0, 0.1) is 4.64 Å². The van der Waals surface area contributed by atoms with Crippen LogP contribution >= 0.6 is 12.2 Å². The van der Waals surface area contributed by atoms with Gasteiger partial charge in [-0.15, -0.1) is 0 Å². The Morgan fingerprint density at radius 1 is 1.67 bits per heavy atom. The molecule has 0 unspecified atom stereocenters. The highest BCUT2D eigenvalue weighted by Gasteiger charge is 1.84. The third-order valence-corrected chi connectivity index (χ3v) is 1.29. The van der Waals surface area contributed by atoms with Crippen LogP contribution in [0.5, 0.6) is 0 Å². The van der Waals surface area contributed by atoms with Crippen molar-refractivity contribution in [2.75, 3.05) is 0 Å². The molecule has 0 spiro atoms. The fourth-order valence-electron chi connectivity index (χ4n) is 0.597. The molecule has 48 valence electrons. The fourth-order valence-corrected chi connectivity index (χ4v) is 0.789. The van der Waals surface area contributed by atoms with E-state index in [2.05, 4.69) is 16.9 Å². The number of aromatic amines is 1. The lowest BCUT2D eigenvalue weighted by atomic mass is 10.4. The Bertz CT molecular complexity index is 241. The predicted octanol–water partition coefficient (Wildman–Crippen LogP) is 1.70. The molecule has 0 amide bonds. The first-order chi connectivity index (χ1) is 4.33. The standard InChI is InChI=1S/C6H8N2S/c1-2-5-3-7-4-6(9)8-5/h3-4H,2H2,1H3,(H,8,9). The van der Waals surface area contributed by atoms with E-state index in [-0.39, 0.29) is 0 Å². The Labute approximate surface area is 59.0 Å². The van der Waals surface area contributed by atoms with Crippen molar-refractivity contribution < 1.29 is 0 Å². The monoisotopic (exact) mass is 140 g/mol. The Morgan fingerprint density at radius 3 is 2.89 bits per heavy atom. The van der Waals surface area contributed by atoms with Crippen LogP contribution < -0.4 is 0 Å². The normalized spacial score (nSPS) is 9.44. The highest BCUT2D eigenvalue weighted by molar-refractivity contribution is 7.71. The zero-order valence-electron chi connectivity index (χ0n) is 5.22. The van der Waals surface area contributed by atoms with Gasteiger partial charge in [0, 0.05) is 11.9 Å². The van der Waals surface area contributed by atoms with Gasteiger partial charge >= 0.3 is 0 Å². The van der Waals surface area contributed by atoms with Crippen molar-refractivity contribution in [1.82, 2.24) is 9.97 Å². The molecule has 3 heteroatoms. The Morgan fingerprint density at radius 2 is 2.44 bits per heavy atom. The van der Waals surface area contributed by atoms with Gasteiger partial charge in [-0.05, 0) is 6.42 Å². The number of rotatable bonds is 1. The van der Waals surface area contributed by atoms with Crippen LogP contribution in [0.1, 0.15) is 12.6 Å². The number of aromatic nitrogens is 2. The van der Waals surface area contributed by atoms with E-state index in [9.17, 15) is 0 Å². The molecule has 1 rings (SSSR count). The van der Waals surface area contributed by atoms with Gasteiger partial charge < -0.3 is 4.98 Å². The number of aryl methyl sites for hydroxylation is 1. The number of nitrogens with zero attached hydrogens (tertiary/aromatic N) is 1. The molecule has 0 bridgehead atoms. The van der Waals surface area contributed by atoms with E-state index in [0.717, 1.165) is 12.1 Å². The fraction of sp³-hybridized carbons (Fsp3) is 0.333. The zero-order chi connectivity index (χ0) is 6.69. The summed E-state index contributed by atoms with van der Waals surface area (Å²) in [6, 6.07) is 0. The largest absolute Gasteiger partial charge is 0.347 e. The first-order valence-corrected chi connectivity index (χ1v) is 3.27. The Kier molecular flexibility index (Phi) is 1.95. The summed E-state index contributed by atoms with van der Waals surface area (Å²) in [4.78, 5) is 6.93. The molecule has 1 N–H and O–H groups in total. The predicted molar refractivity (Wildman–Crippen MR) is 38.8 cm³/mol. The molecule has 0 aromatic carbocycles. The summed E-state index contributed by atoms with van der Waals surface area (Å²) in [5.41, 5.74) is 1.09. The highest BCUT2D eigenvalue weighted by Crippen LogP contribution is 1.90. The molecule has 0 saturated carbocycles. The Balaban J connectivity index is 3.08. The van der Waals surface area contributed by atoms with Crippen molar-refractivity contribution in [3.8, 4) is 0 Å². The summed E-state index contributed by atoms with van der Waals surface area (Å²) >= 11 is 4.85. The zero-order valence-corrected chi connectivity index (χ0v) is 6.03. The van der Waals surface area contributed by atoms with Crippen molar-refractivity contribution >= 4 is 12.2 Å². The van der Waals surface area contributed by atoms with Gasteiger partial charge in [-0.3, -0.25) is 4.98 Å². The smallest absolute Gasteiger partial charge is 0.121 e. The van der Waals surface area contributed by atoms with Crippen LogP contribution in [-0.4, -0.2) is 9.97 Å². The second-order valence-corrected chi connectivity index (χ2v) is 2.22. The summed E-state index contributed by atoms with van der Waals surface area (Å²) in [5.74, 6) is 0. The van der Waals surface area contributed by atoms with Crippen LogP contribution in [0.15, 0.2) is 12.4 Å². The van der Waals surface area contributed by atoms with Gasteiger partial charge in [-0.2, -0.15) is 0 Å². The molecule has 0 saturated heterocycles. The quantitative estimate of drug-likeness (QED) is 0.601. The van der Waals surface area contributed by atoms with Crippen LogP contribution in [0.2, 0.25) is 0 Å². The van der Waals surface area contributed by atoms with Gasteiger partial charge in [0.25, 0.3) is 0 Å². The van der Waals surface area contributed by atoms with Gasteiger partial charge in [0.05, 0.1) is 6.20 Å². The molecule has 0 fully saturated rings. The van der Waals surface area contributed by atoms with Crippen molar-refractivity contribution in [2.45, 2.75) is 13.3 Å². The second-order valence-electron chi connectivity index (χ2n) is 1.78. The van der Waals surface area contributed by atoms with E-state index in [1.807, 2.05) is 0 Å². The van der Waals surface area contributed by atoms with Gasteiger partial charge in [0.1, 0.15) is 4.64 Å². The van der Waals surface area contributed by atoms with Crippen molar-refractivity contribution in [3.05, 3.63) is 22.7 Å². The number of hydrogen-bond acceptors (Lipinski definition) is 2. The first-order valence-electron chi connectivity index (χ1n) is 2.86. The average molecular weight is 140 g/mol. The maximum atomic E-state index is 4.85. The molecule has 0 aliphatic heterocycles. The van der Waals surface area contributed by atoms with Crippen LogP contribution in [0.3, 0.4) is 0 Å². The molecule has 0 aliphatic rings. The maximum absolute atomic E-state index is 4.85. The highest BCUT2D eigenvalue weighted by atomic mass is 32.1. The minimum absolute atomic E-state index is 0.703. The molecular weight excluding hydrogens is 132 g/mol. The number of nitrogens with one attached hydrogen (secondary N) is 1. The van der Waals surface area contributed by atoms with Gasteiger partial charge in [0.15, 0.2) is 0 Å². The third kappa shape index (κ3) is 1.61. The van der Waals surface area contributed by atoms with Gasteiger partial charge in [-0.1, -0.05) is 19.1 Å². The van der Waals surface area contributed by atoms with E-state index >= 15 is 0 Å². The van der Waals surface area contributed by atoms with Crippen LogP contribution in [-0.2, 0) is 6.42 Å². The lowest BCUT2D eigenvalue weighted by Crippen LogP contribution is -1.86. The van der Waals surface area contributed by atoms with Crippen molar-refractivity contribution in [3.63, 3.8) is 0 Å².